The van der Waals surface area contributed by atoms with Gasteiger partial charge in [0.25, 0.3) is 0 Å². The molecule has 0 unspecified atom stereocenters. The van der Waals surface area contributed by atoms with Gasteiger partial charge in [0.1, 0.15) is 5.41 Å². The Kier molecular flexibility index (Phi) is 5.20. The van der Waals surface area contributed by atoms with Crippen LogP contribution in [0.5, 0.6) is 0 Å². The van der Waals surface area contributed by atoms with Gasteiger partial charge >= 0.3 is 6.03 Å². The molecule has 1 fully saturated rings. The Morgan fingerprint density at radius 2 is 1.73 bits per heavy atom. The Balaban J connectivity index is 0.00000196. The average Bonchev–Trinajstić information content (AvgIpc) is 2.11. The van der Waals surface area contributed by atoms with E-state index in [1.54, 1.807) is 6.92 Å². The van der Waals surface area contributed by atoms with E-state index in [9.17, 15) is 14.4 Å². The molecule has 0 aliphatic carbocycles. The number of nitrogens with one attached hydrogen (secondary N) is 2. The molecular formula is C9H12N2NaO3. The normalized spacial score (nSPS) is 18.6. The van der Waals surface area contributed by atoms with Crippen molar-refractivity contribution in [2.75, 3.05) is 0 Å². The van der Waals surface area contributed by atoms with E-state index in [0.29, 0.717) is 6.42 Å². The first-order valence-corrected chi connectivity index (χ1v) is 4.34. The number of allylic oxidation sites excluding steroid dienone is 1. The predicted molar refractivity (Wildman–Crippen MR) is 55.0 cm³/mol. The summed E-state index contributed by atoms with van der Waals surface area (Å²) in [5.74, 6) is -1.10. The quantitative estimate of drug-likeness (QED) is 0.397. The minimum atomic E-state index is -1.17. The van der Waals surface area contributed by atoms with Crippen molar-refractivity contribution in [1.82, 2.24) is 10.6 Å². The van der Waals surface area contributed by atoms with Crippen molar-refractivity contribution >= 4 is 47.4 Å². The summed E-state index contributed by atoms with van der Waals surface area (Å²) in [6.07, 6.45) is 2.07. The molecule has 0 saturated carbocycles. The summed E-state index contributed by atoms with van der Waals surface area (Å²) in [4.78, 5) is 33.8. The molecule has 1 rings (SSSR count). The minimum Gasteiger partial charge on any atom is -0.277 e. The summed E-state index contributed by atoms with van der Waals surface area (Å²) in [6, 6.07) is -0.756. The summed E-state index contributed by atoms with van der Waals surface area (Å²) < 4.78 is 0. The van der Waals surface area contributed by atoms with Crippen molar-refractivity contribution in [3.8, 4) is 0 Å². The average molecular weight is 219 g/mol. The Morgan fingerprint density at radius 3 is 2.07 bits per heavy atom. The van der Waals surface area contributed by atoms with Crippen molar-refractivity contribution < 1.29 is 14.4 Å². The van der Waals surface area contributed by atoms with E-state index >= 15 is 0 Å². The predicted octanol–water partition coefficient (Wildman–Crippen LogP) is -0.0559. The molecule has 1 heterocycles. The monoisotopic (exact) mass is 219 g/mol. The summed E-state index contributed by atoms with van der Waals surface area (Å²) in [6.45, 7) is 5.21. The Labute approximate surface area is 110 Å². The standard InChI is InChI=1S/C9H12N2O3.Na/c1-3-5-9(4-2)6(12)10-8(14)11-7(9)13;/h3H,1,4-5H2,2H3,(H2,10,11,12,13,14);. The molecule has 2 N–H and O–H groups in total. The Bertz CT molecular complexity index is 294. The van der Waals surface area contributed by atoms with Gasteiger partial charge in [0.15, 0.2) is 0 Å². The molecule has 5 nitrogen and oxygen atoms in total. The van der Waals surface area contributed by atoms with E-state index in [2.05, 4.69) is 17.2 Å². The maximum Gasteiger partial charge on any atom is 0.328 e. The third-order valence-corrected chi connectivity index (χ3v) is 2.42. The largest absolute Gasteiger partial charge is 0.328 e. The van der Waals surface area contributed by atoms with Crippen molar-refractivity contribution in [2.45, 2.75) is 19.8 Å². The molecule has 0 aromatic rings. The summed E-state index contributed by atoms with van der Waals surface area (Å²) >= 11 is 0. The van der Waals surface area contributed by atoms with E-state index in [1.165, 1.54) is 6.08 Å². The molecule has 0 spiro atoms. The van der Waals surface area contributed by atoms with Crippen molar-refractivity contribution in [1.29, 1.82) is 0 Å². The van der Waals surface area contributed by atoms with Gasteiger partial charge in [-0.2, -0.15) is 0 Å². The fraction of sp³-hybridized carbons (Fsp3) is 0.444. The van der Waals surface area contributed by atoms with Crippen LogP contribution in [-0.4, -0.2) is 47.4 Å². The molecule has 77 valence electrons. The maximum absolute atomic E-state index is 11.5. The smallest absolute Gasteiger partial charge is 0.277 e. The van der Waals surface area contributed by atoms with Crippen LogP contribution in [0.4, 0.5) is 4.79 Å². The molecule has 0 atom stereocenters. The molecule has 1 aliphatic heterocycles. The van der Waals surface area contributed by atoms with E-state index < -0.39 is 23.3 Å². The third kappa shape index (κ3) is 2.48. The van der Waals surface area contributed by atoms with Crippen LogP contribution in [0.3, 0.4) is 0 Å². The van der Waals surface area contributed by atoms with Gasteiger partial charge in [-0.05, 0) is 12.8 Å². The molecule has 1 aliphatic rings. The maximum atomic E-state index is 11.5. The van der Waals surface area contributed by atoms with Crippen LogP contribution in [0.1, 0.15) is 19.8 Å². The summed E-state index contributed by atoms with van der Waals surface area (Å²) in [7, 11) is 0. The number of imide groups is 2. The number of rotatable bonds is 3. The van der Waals surface area contributed by atoms with Crippen molar-refractivity contribution in [3.05, 3.63) is 12.7 Å². The van der Waals surface area contributed by atoms with Gasteiger partial charge in [0, 0.05) is 29.6 Å². The van der Waals surface area contributed by atoms with Gasteiger partial charge in [-0.15, -0.1) is 6.58 Å². The van der Waals surface area contributed by atoms with Crippen LogP contribution in [0.15, 0.2) is 12.7 Å². The van der Waals surface area contributed by atoms with Gasteiger partial charge in [-0.1, -0.05) is 13.0 Å². The zero-order valence-electron chi connectivity index (χ0n) is 8.92. The molecule has 1 saturated heterocycles. The SMILES string of the molecule is C=CCC1(CC)C(=O)NC(=O)NC1=O.[Na]. The number of urea groups is 1. The molecule has 4 amide bonds. The van der Waals surface area contributed by atoms with Gasteiger partial charge in [-0.25, -0.2) is 4.79 Å². The third-order valence-electron chi connectivity index (χ3n) is 2.42. The molecule has 0 bridgehead atoms. The second-order valence-corrected chi connectivity index (χ2v) is 3.17. The number of carbonyl (C=O) groups excluding carboxylic acids is 3. The first-order chi connectivity index (χ1) is 6.56. The Hall–Kier alpha value is -0.650. The van der Waals surface area contributed by atoms with Crippen LogP contribution >= 0.6 is 0 Å². The van der Waals surface area contributed by atoms with Gasteiger partial charge in [0.05, 0.1) is 0 Å². The first kappa shape index (κ1) is 14.3. The summed E-state index contributed by atoms with van der Waals surface area (Å²) in [5.41, 5.74) is -1.17. The fourth-order valence-electron chi connectivity index (χ4n) is 1.48. The minimum absolute atomic E-state index is 0. The number of hydrogen-bond donors (Lipinski definition) is 2. The van der Waals surface area contributed by atoms with Crippen LogP contribution < -0.4 is 10.6 Å². The molecule has 0 aromatic heterocycles. The number of amides is 4. The summed E-state index contributed by atoms with van der Waals surface area (Å²) in [5, 5.41) is 4.16. The molecule has 6 heteroatoms. The van der Waals surface area contributed by atoms with Crippen LogP contribution in [0, 0.1) is 5.41 Å². The van der Waals surface area contributed by atoms with Crippen LogP contribution in [-0.2, 0) is 9.59 Å². The van der Waals surface area contributed by atoms with Gasteiger partial charge in [-0.3, -0.25) is 20.2 Å². The first-order valence-electron chi connectivity index (χ1n) is 4.34. The topological polar surface area (TPSA) is 75.3 Å². The number of carbonyl (C=O) groups is 3. The van der Waals surface area contributed by atoms with E-state index in [1.807, 2.05) is 0 Å². The molecule has 0 aromatic carbocycles. The second-order valence-electron chi connectivity index (χ2n) is 3.17. The molecule has 1 radical (unpaired) electrons. The Morgan fingerprint density at radius 1 is 1.27 bits per heavy atom. The molecule has 15 heavy (non-hydrogen) atoms. The zero-order chi connectivity index (χ0) is 10.8. The van der Waals surface area contributed by atoms with E-state index in [4.69, 9.17) is 0 Å². The van der Waals surface area contributed by atoms with Crippen molar-refractivity contribution in [3.63, 3.8) is 0 Å². The van der Waals surface area contributed by atoms with E-state index in [0.717, 1.165) is 0 Å². The molecular weight excluding hydrogens is 207 g/mol. The second kappa shape index (κ2) is 5.44. The van der Waals surface area contributed by atoms with Crippen LogP contribution in [0.2, 0.25) is 0 Å². The zero-order valence-corrected chi connectivity index (χ0v) is 10.9. The van der Waals surface area contributed by atoms with Crippen LogP contribution in [0.25, 0.3) is 0 Å². The van der Waals surface area contributed by atoms with E-state index in [-0.39, 0.29) is 36.0 Å². The van der Waals surface area contributed by atoms with Gasteiger partial charge < -0.3 is 0 Å². The van der Waals surface area contributed by atoms with Gasteiger partial charge in [0.2, 0.25) is 11.8 Å². The fourth-order valence-corrected chi connectivity index (χ4v) is 1.48. The van der Waals surface area contributed by atoms with Crippen molar-refractivity contribution in [2.24, 2.45) is 5.41 Å². The number of hydrogen-bond acceptors (Lipinski definition) is 3. The number of barbiturate groups is 1.